The van der Waals surface area contributed by atoms with E-state index < -0.39 is 12.0 Å². The van der Waals surface area contributed by atoms with E-state index in [4.69, 9.17) is 16.7 Å². The minimum atomic E-state index is -1.12. The van der Waals surface area contributed by atoms with E-state index in [1.807, 2.05) is 0 Å². The highest BCUT2D eigenvalue weighted by atomic mass is 35.5. The Labute approximate surface area is 119 Å². The summed E-state index contributed by atoms with van der Waals surface area (Å²) < 4.78 is 0. The molecule has 20 heavy (non-hydrogen) atoms. The number of hydrogen-bond acceptors (Lipinski definition) is 3. The van der Waals surface area contributed by atoms with Crippen LogP contribution in [0.4, 0.5) is 10.5 Å². The Kier molecular flexibility index (Phi) is 4.21. The van der Waals surface area contributed by atoms with Crippen molar-refractivity contribution in [3.8, 4) is 0 Å². The van der Waals surface area contributed by atoms with Crippen LogP contribution in [-0.2, 0) is 6.54 Å². The number of aromatic amines is 1. The number of amides is 2. The Hall–Kier alpha value is -2.54. The third kappa shape index (κ3) is 3.48. The second-order valence-electron chi connectivity index (χ2n) is 3.84. The number of imidazole rings is 1. The Bertz CT molecular complexity index is 628. The van der Waals surface area contributed by atoms with E-state index >= 15 is 0 Å². The summed E-state index contributed by atoms with van der Waals surface area (Å²) in [6.07, 6.45) is 3.23. The van der Waals surface area contributed by atoms with Gasteiger partial charge in [0.1, 0.15) is 5.82 Å². The highest BCUT2D eigenvalue weighted by Crippen LogP contribution is 2.20. The number of H-pyrrole nitrogens is 1. The minimum Gasteiger partial charge on any atom is -0.478 e. The maximum Gasteiger partial charge on any atom is 0.337 e. The third-order valence-corrected chi connectivity index (χ3v) is 2.74. The van der Waals surface area contributed by atoms with Gasteiger partial charge in [-0.3, -0.25) is 0 Å². The van der Waals surface area contributed by atoms with Crippen LogP contribution in [0.15, 0.2) is 30.6 Å². The van der Waals surface area contributed by atoms with Crippen molar-refractivity contribution in [1.29, 1.82) is 0 Å². The first kappa shape index (κ1) is 13.9. The van der Waals surface area contributed by atoms with Gasteiger partial charge in [-0.25, -0.2) is 14.6 Å². The van der Waals surface area contributed by atoms with Gasteiger partial charge in [-0.05, 0) is 18.2 Å². The number of aromatic carboxylic acids is 1. The Morgan fingerprint density at radius 3 is 2.80 bits per heavy atom. The van der Waals surface area contributed by atoms with Gasteiger partial charge in [0.05, 0.1) is 17.1 Å². The van der Waals surface area contributed by atoms with Crippen LogP contribution in [0.2, 0.25) is 5.02 Å². The van der Waals surface area contributed by atoms with Gasteiger partial charge in [0.15, 0.2) is 0 Å². The van der Waals surface area contributed by atoms with Crippen molar-refractivity contribution >= 4 is 29.3 Å². The zero-order valence-corrected chi connectivity index (χ0v) is 10.9. The molecule has 0 spiro atoms. The number of carbonyl (C=O) groups is 2. The maximum atomic E-state index is 11.6. The van der Waals surface area contributed by atoms with Gasteiger partial charge >= 0.3 is 12.0 Å². The van der Waals surface area contributed by atoms with E-state index in [2.05, 4.69) is 20.6 Å². The first-order valence-electron chi connectivity index (χ1n) is 5.62. The molecule has 2 rings (SSSR count). The van der Waals surface area contributed by atoms with E-state index in [-0.39, 0.29) is 17.1 Å². The number of anilines is 1. The SMILES string of the molecule is O=C(NCc1ncc[nH]1)Nc1ccc(C(=O)O)c(Cl)c1. The predicted octanol–water partition coefficient (Wildman–Crippen LogP) is 2.08. The van der Waals surface area contributed by atoms with Crippen LogP contribution in [0.1, 0.15) is 16.2 Å². The minimum absolute atomic E-state index is 0.0202. The smallest absolute Gasteiger partial charge is 0.337 e. The first-order valence-corrected chi connectivity index (χ1v) is 6.00. The highest BCUT2D eigenvalue weighted by Gasteiger charge is 2.10. The molecule has 0 aliphatic rings. The lowest BCUT2D eigenvalue weighted by atomic mass is 10.2. The summed E-state index contributed by atoms with van der Waals surface area (Å²) in [5.41, 5.74) is 0.380. The molecule has 104 valence electrons. The summed E-state index contributed by atoms with van der Waals surface area (Å²) >= 11 is 5.80. The van der Waals surface area contributed by atoms with Crippen molar-refractivity contribution in [3.05, 3.63) is 47.0 Å². The molecule has 0 bridgehead atoms. The van der Waals surface area contributed by atoms with E-state index in [1.54, 1.807) is 12.4 Å². The summed E-state index contributed by atoms with van der Waals surface area (Å²) in [5.74, 6) is -0.497. The third-order valence-electron chi connectivity index (χ3n) is 2.43. The summed E-state index contributed by atoms with van der Waals surface area (Å²) in [7, 11) is 0. The van der Waals surface area contributed by atoms with Gasteiger partial charge < -0.3 is 20.7 Å². The number of benzene rings is 1. The van der Waals surface area contributed by atoms with Crippen LogP contribution >= 0.6 is 11.6 Å². The number of carboxylic acids is 1. The zero-order chi connectivity index (χ0) is 14.5. The molecule has 8 heteroatoms. The molecule has 1 heterocycles. The normalized spacial score (nSPS) is 10.1. The van der Waals surface area contributed by atoms with Crippen molar-refractivity contribution < 1.29 is 14.7 Å². The molecule has 4 N–H and O–H groups in total. The lowest BCUT2D eigenvalue weighted by Crippen LogP contribution is -2.28. The molecule has 2 aromatic rings. The lowest BCUT2D eigenvalue weighted by molar-refractivity contribution is 0.0697. The number of halogens is 1. The van der Waals surface area contributed by atoms with Gasteiger partial charge in [-0.1, -0.05) is 11.6 Å². The quantitative estimate of drug-likeness (QED) is 0.692. The number of carbonyl (C=O) groups excluding carboxylic acids is 1. The predicted molar refractivity (Wildman–Crippen MR) is 72.9 cm³/mol. The van der Waals surface area contributed by atoms with Gasteiger partial charge in [0.25, 0.3) is 0 Å². The second kappa shape index (κ2) is 6.07. The Balaban J connectivity index is 1.94. The van der Waals surface area contributed by atoms with Crippen LogP contribution in [0, 0.1) is 0 Å². The molecule has 0 aliphatic carbocycles. The van der Waals surface area contributed by atoms with Gasteiger partial charge in [-0.15, -0.1) is 0 Å². The van der Waals surface area contributed by atoms with Crippen LogP contribution in [0.5, 0.6) is 0 Å². The van der Waals surface area contributed by atoms with Crippen LogP contribution in [0.25, 0.3) is 0 Å². The molecule has 0 saturated carbocycles. The van der Waals surface area contributed by atoms with Crippen molar-refractivity contribution in [1.82, 2.24) is 15.3 Å². The van der Waals surface area contributed by atoms with Crippen molar-refractivity contribution in [2.24, 2.45) is 0 Å². The second-order valence-corrected chi connectivity index (χ2v) is 4.25. The molecular weight excluding hydrogens is 284 g/mol. The zero-order valence-electron chi connectivity index (χ0n) is 10.2. The summed E-state index contributed by atoms with van der Waals surface area (Å²) in [4.78, 5) is 29.2. The number of carboxylic acid groups (broad SMARTS) is 1. The van der Waals surface area contributed by atoms with E-state index in [1.165, 1.54) is 18.2 Å². The molecule has 2 amide bonds. The average molecular weight is 295 g/mol. The van der Waals surface area contributed by atoms with Crippen molar-refractivity contribution in [2.75, 3.05) is 5.32 Å². The summed E-state index contributed by atoms with van der Waals surface area (Å²) in [6, 6.07) is 3.71. The molecule has 1 aromatic heterocycles. The van der Waals surface area contributed by atoms with Crippen LogP contribution < -0.4 is 10.6 Å². The van der Waals surface area contributed by atoms with Crippen molar-refractivity contribution in [2.45, 2.75) is 6.54 Å². The monoisotopic (exact) mass is 294 g/mol. The Morgan fingerprint density at radius 1 is 1.40 bits per heavy atom. The molecule has 7 nitrogen and oxygen atoms in total. The molecule has 0 atom stereocenters. The highest BCUT2D eigenvalue weighted by molar-refractivity contribution is 6.33. The molecule has 0 radical (unpaired) electrons. The first-order chi connectivity index (χ1) is 9.56. The van der Waals surface area contributed by atoms with Gasteiger partial charge in [0, 0.05) is 18.1 Å². The van der Waals surface area contributed by atoms with Gasteiger partial charge in [0.2, 0.25) is 0 Å². The molecule has 0 aliphatic heterocycles. The fourth-order valence-corrected chi connectivity index (χ4v) is 1.76. The standard InChI is InChI=1S/C12H11ClN4O3/c13-9-5-7(1-2-8(9)11(18)19)17-12(20)16-6-10-14-3-4-15-10/h1-5H,6H2,(H,14,15)(H,18,19)(H2,16,17,20). The van der Waals surface area contributed by atoms with Crippen molar-refractivity contribution in [3.63, 3.8) is 0 Å². The van der Waals surface area contributed by atoms with E-state index in [0.29, 0.717) is 11.5 Å². The lowest BCUT2D eigenvalue weighted by Gasteiger charge is -2.07. The molecule has 0 saturated heterocycles. The van der Waals surface area contributed by atoms with E-state index in [9.17, 15) is 9.59 Å². The van der Waals surface area contributed by atoms with Crippen LogP contribution in [0.3, 0.4) is 0 Å². The molecule has 0 unspecified atom stereocenters. The number of aromatic nitrogens is 2. The van der Waals surface area contributed by atoms with E-state index in [0.717, 1.165) is 0 Å². The maximum absolute atomic E-state index is 11.6. The largest absolute Gasteiger partial charge is 0.478 e. The Morgan fingerprint density at radius 2 is 2.20 bits per heavy atom. The fraction of sp³-hybridized carbons (Fsp3) is 0.0833. The number of nitrogens with one attached hydrogen (secondary N) is 3. The van der Waals surface area contributed by atoms with Gasteiger partial charge in [-0.2, -0.15) is 0 Å². The van der Waals surface area contributed by atoms with Crippen LogP contribution in [-0.4, -0.2) is 27.1 Å². The summed E-state index contributed by atoms with van der Waals surface area (Å²) in [6.45, 7) is 0.250. The molecule has 0 fully saturated rings. The fourth-order valence-electron chi connectivity index (χ4n) is 1.50. The number of hydrogen-bond donors (Lipinski definition) is 4. The number of urea groups is 1. The topological polar surface area (TPSA) is 107 Å². The number of rotatable bonds is 4. The average Bonchev–Trinajstić information content (AvgIpc) is 2.89. The molecular formula is C12H11ClN4O3. The number of nitrogens with zero attached hydrogens (tertiary/aromatic N) is 1. The molecule has 1 aromatic carbocycles. The summed E-state index contributed by atoms with van der Waals surface area (Å²) in [5, 5.41) is 14.0.